The third-order valence-electron chi connectivity index (χ3n) is 8.65. The molecule has 9 heteroatoms. The number of carbonyl (C=O) groups is 1. The molecule has 0 atom stereocenters. The normalized spacial score (nSPS) is 11.6. The van der Waals surface area contributed by atoms with Gasteiger partial charge in [0.15, 0.2) is 6.29 Å². The second-order valence-corrected chi connectivity index (χ2v) is 17.4. The maximum atomic E-state index is 13.0. The van der Waals surface area contributed by atoms with Crippen molar-refractivity contribution in [3.63, 3.8) is 0 Å². The Bertz CT molecular complexity index is 1970. The van der Waals surface area contributed by atoms with Crippen molar-refractivity contribution in [3.8, 4) is 46.1 Å². The molecule has 0 spiro atoms. The molecular weight excluding hydrogens is 677 g/mol. The van der Waals surface area contributed by atoms with Crippen molar-refractivity contribution in [1.82, 2.24) is 8.75 Å². The molecule has 4 nitrogen and oxygen atoms in total. The van der Waals surface area contributed by atoms with Crippen LogP contribution in [0.2, 0.25) is 0 Å². The number of hydrogen-bond donors (Lipinski definition) is 0. The van der Waals surface area contributed by atoms with Gasteiger partial charge < -0.3 is 4.74 Å². The van der Waals surface area contributed by atoms with Crippen molar-refractivity contribution in [2.75, 3.05) is 7.11 Å². The summed E-state index contributed by atoms with van der Waals surface area (Å²) in [5, 5.41) is 0. The molecule has 0 N–H and O–H groups in total. The molecule has 5 heterocycles. The van der Waals surface area contributed by atoms with Gasteiger partial charge in [0.2, 0.25) is 0 Å². The lowest BCUT2D eigenvalue weighted by molar-refractivity contribution is 0.112. The van der Waals surface area contributed by atoms with Crippen LogP contribution in [0.1, 0.15) is 96.5 Å². The van der Waals surface area contributed by atoms with E-state index in [-0.39, 0.29) is 0 Å². The summed E-state index contributed by atoms with van der Waals surface area (Å²) in [6.07, 6.45) is 13.0. The third kappa shape index (κ3) is 7.20. The average molecular weight is 719 g/mol. The lowest BCUT2D eigenvalue weighted by atomic mass is 9.97. The monoisotopic (exact) mass is 718 g/mol. The van der Waals surface area contributed by atoms with Gasteiger partial charge in [0, 0.05) is 44.6 Å². The van der Waals surface area contributed by atoms with E-state index >= 15 is 0 Å². The van der Waals surface area contributed by atoms with Gasteiger partial charge in [-0.25, -0.2) is 0 Å². The zero-order valence-corrected chi connectivity index (χ0v) is 31.9. The Hall–Kier alpha value is -2.69. The first-order valence-corrected chi connectivity index (χ1v) is 20.7. The molecule has 6 aromatic rings. The minimum atomic E-state index is 0.546. The predicted molar refractivity (Wildman–Crippen MR) is 208 cm³/mol. The summed E-state index contributed by atoms with van der Waals surface area (Å²) >= 11 is 8.42. The second kappa shape index (κ2) is 15.7. The smallest absolute Gasteiger partial charge is 0.154 e. The van der Waals surface area contributed by atoms with E-state index in [1.807, 2.05) is 22.7 Å². The number of benzene rings is 1. The molecule has 0 saturated carbocycles. The van der Waals surface area contributed by atoms with Crippen molar-refractivity contribution in [3.05, 3.63) is 62.8 Å². The van der Waals surface area contributed by atoms with Crippen LogP contribution in [0, 0.1) is 13.8 Å². The molecule has 0 aliphatic carbocycles. The van der Waals surface area contributed by atoms with Crippen molar-refractivity contribution in [1.29, 1.82) is 0 Å². The number of fused-ring (bicyclic) bond motifs is 1. The second-order valence-electron chi connectivity index (χ2n) is 12.1. The zero-order valence-electron chi connectivity index (χ0n) is 27.9. The molecule has 246 valence electrons. The minimum Gasteiger partial charge on any atom is -0.495 e. The molecule has 0 fully saturated rings. The quantitative estimate of drug-likeness (QED) is 0.0738. The van der Waals surface area contributed by atoms with Crippen LogP contribution in [0.4, 0.5) is 0 Å². The van der Waals surface area contributed by atoms with Crippen LogP contribution >= 0.6 is 57.1 Å². The van der Waals surface area contributed by atoms with Gasteiger partial charge in [0.25, 0.3) is 0 Å². The first kappa shape index (κ1) is 34.2. The average Bonchev–Trinajstić information content (AvgIpc) is 3.91. The van der Waals surface area contributed by atoms with E-state index in [0.29, 0.717) is 11.3 Å². The number of unbranched alkanes of at least 4 members (excludes halogenated alkanes) is 6. The molecule has 0 amide bonds. The number of methoxy groups -OCH3 is 1. The van der Waals surface area contributed by atoms with Gasteiger partial charge in [0.05, 0.1) is 30.0 Å². The van der Waals surface area contributed by atoms with Crippen LogP contribution in [0.25, 0.3) is 51.4 Å². The van der Waals surface area contributed by atoms with Crippen LogP contribution in [-0.2, 0) is 12.8 Å². The summed E-state index contributed by atoms with van der Waals surface area (Å²) in [6.45, 7) is 8.87. The number of hydrogen-bond acceptors (Lipinski definition) is 9. The molecule has 47 heavy (non-hydrogen) atoms. The number of carbonyl (C=O) groups excluding carboxylic acids is 1. The Morgan fingerprint density at radius 2 is 1.28 bits per heavy atom. The molecule has 0 aliphatic heterocycles. The lowest BCUT2D eigenvalue weighted by Crippen LogP contribution is -1.98. The van der Waals surface area contributed by atoms with Gasteiger partial charge >= 0.3 is 0 Å². The number of aldehydes is 1. The molecule has 0 bridgehead atoms. The standard InChI is InChI=1S/C38H42N2O2S5/c1-6-8-10-12-14-25-20-24(4)44-37(25)30-19-18-28(45-30)32-27(22-41)36(42-5)33(35-34(32)39-47-40-35)31-21-26(15-13-11-9-7-2)38(46-31)29-17-16-23(3)43-29/h16-22H,6-15H2,1-5H3. The Labute approximate surface area is 298 Å². The minimum absolute atomic E-state index is 0.546. The van der Waals surface area contributed by atoms with Gasteiger partial charge in [-0.05, 0) is 87.1 Å². The predicted octanol–water partition coefficient (Wildman–Crippen LogP) is 13.3. The Morgan fingerprint density at radius 1 is 0.660 bits per heavy atom. The summed E-state index contributed by atoms with van der Waals surface area (Å²) in [5.74, 6) is 0.585. The fraction of sp³-hybridized carbons (Fsp3) is 0.395. The zero-order chi connectivity index (χ0) is 32.9. The molecule has 0 radical (unpaired) electrons. The first-order chi connectivity index (χ1) is 23.0. The Kier molecular flexibility index (Phi) is 11.4. The van der Waals surface area contributed by atoms with E-state index in [9.17, 15) is 4.79 Å². The molecule has 0 unspecified atom stereocenters. The summed E-state index contributed by atoms with van der Waals surface area (Å²) in [6, 6.07) is 13.5. The topological polar surface area (TPSA) is 52.1 Å². The SMILES string of the molecule is CCCCCCc1cc(C)sc1-c1ccc(-c2c(C=O)c(OC)c(-c3cc(CCCCCC)c(-c4ccc(C)s4)s3)c3nsnc23)s1. The molecule has 1 aromatic carbocycles. The van der Waals surface area contributed by atoms with Crippen LogP contribution < -0.4 is 4.74 Å². The Balaban J connectivity index is 1.44. The van der Waals surface area contributed by atoms with E-state index in [0.717, 1.165) is 57.5 Å². The van der Waals surface area contributed by atoms with Gasteiger partial charge in [0.1, 0.15) is 16.8 Å². The van der Waals surface area contributed by atoms with Crippen LogP contribution in [0.15, 0.2) is 36.4 Å². The molecule has 5 aromatic heterocycles. The van der Waals surface area contributed by atoms with E-state index < -0.39 is 0 Å². The highest BCUT2D eigenvalue weighted by atomic mass is 32.1. The van der Waals surface area contributed by atoms with Crippen molar-refractivity contribution >= 4 is 74.4 Å². The Morgan fingerprint density at radius 3 is 1.91 bits per heavy atom. The summed E-state index contributed by atoms with van der Waals surface area (Å²) in [5.41, 5.74) is 6.61. The van der Waals surface area contributed by atoms with E-state index in [1.54, 1.807) is 29.8 Å². The summed E-state index contributed by atoms with van der Waals surface area (Å²) in [4.78, 5) is 22.9. The largest absolute Gasteiger partial charge is 0.495 e. The number of aromatic nitrogens is 2. The fourth-order valence-corrected chi connectivity index (χ4v) is 11.4. The molecule has 0 saturated heterocycles. The van der Waals surface area contributed by atoms with E-state index in [1.165, 1.54) is 97.1 Å². The highest BCUT2D eigenvalue weighted by molar-refractivity contribution is 7.24. The van der Waals surface area contributed by atoms with Crippen LogP contribution in [-0.4, -0.2) is 22.1 Å². The van der Waals surface area contributed by atoms with Gasteiger partial charge in [-0.1, -0.05) is 52.4 Å². The van der Waals surface area contributed by atoms with Gasteiger partial charge in [-0.2, -0.15) is 8.75 Å². The van der Waals surface area contributed by atoms with E-state index in [4.69, 9.17) is 13.5 Å². The maximum absolute atomic E-state index is 13.0. The van der Waals surface area contributed by atoms with Crippen molar-refractivity contribution < 1.29 is 9.53 Å². The number of ether oxygens (including phenoxy) is 1. The lowest BCUT2D eigenvalue weighted by Gasteiger charge is -2.14. The number of nitrogens with zero attached hydrogens (tertiary/aromatic N) is 2. The number of rotatable bonds is 16. The number of thiophene rings is 4. The number of aryl methyl sites for hydroxylation is 4. The highest BCUT2D eigenvalue weighted by Gasteiger charge is 2.28. The van der Waals surface area contributed by atoms with Crippen LogP contribution in [0.3, 0.4) is 0 Å². The van der Waals surface area contributed by atoms with Crippen molar-refractivity contribution in [2.24, 2.45) is 0 Å². The fourth-order valence-electron chi connectivity index (χ4n) is 6.35. The van der Waals surface area contributed by atoms with Gasteiger partial charge in [-0.3, -0.25) is 4.79 Å². The van der Waals surface area contributed by atoms with Crippen molar-refractivity contribution in [2.45, 2.75) is 91.9 Å². The third-order valence-corrected chi connectivity index (χ3v) is 13.9. The summed E-state index contributed by atoms with van der Waals surface area (Å²) in [7, 11) is 1.67. The van der Waals surface area contributed by atoms with Gasteiger partial charge in [-0.15, -0.1) is 45.3 Å². The highest BCUT2D eigenvalue weighted by Crippen LogP contribution is 2.51. The molecule has 6 rings (SSSR count). The summed E-state index contributed by atoms with van der Waals surface area (Å²) < 4.78 is 15.8. The van der Waals surface area contributed by atoms with Crippen LogP contribution in [0.5, 0.6) is 5.75 Å². The molecular formula is C38H42N2O2S5. The van der Waals surface area contributed by atoms with E-state index in [2.05, 4.69) is 64.1 Å². The molecule has 0 aliphatic rings. The maximum Gasteiger partial charge on any atom is 0.154 e. The first-order valence-electron chi connectivity index (χ1n) is 16.7.